The SMILES string of the molecule is N#Cc1ccc2c3ccccc3n(-c3cccc(-c4c5ccc6ccccc6c5nc5c4ccc4ccccc45)c3)c2c1. The second-order valence-electron chi connectivity index (χ2n) is 11.1. The van der Waals surface area contributed by atoms with Crippen molar-refractivity contribution in [2.45, 2.75) is 0 Å². The van der Waals surface area contributed by atoms with Crippen molar-refractivity contribution >= 4 is 65.2 Å². The Kier molecular flexibility index (Phi) is 4.97. The summed E-state index contributed by atoms with van der Waals surface area (Å²) in [7, 11) is 0. The first kappa shape index (κ1) is 23.7. The highest BCUT2D eigenvalue weighted by Gasteiger charge is 2.17. The average Bonchev–Trinajstić information content (AvgIpc) is 3.40. The summed E-state index contributed by atoms with van der Waals surface area (Å²) in [6.07, 6.45) is 0. The van der Waals surface area contributed by atoms with Gasteiger partial charge in [-0.1, -0.05) is 109 Å². The summed E-state index contributed by atoms with van der Waals surface area (Å²) in [5.41, 5.74) is 8.18. The van der Waals surface area contributed by atoms with Crippen molar-refractivity contribution in [1.82, 2.24) is 9.55 Å². The van der Waals surface area contributed by atoms with Gasteiger partial charge in [-0.05, 0) is 46.7 Å². The molecule has 0 atom stereocenters. The Balaban J connectivity index is 1.41. The van der Waals surface area contributed by atoms with Crippen LogP contribution in [0.25, 0.3) is 82.0 Å². The highest BCUT2D eigenvalue weighted by atomic mass is 15.0. The van der Waals surface area contributed by atoms with E-state index in [9.17, 15) is 5.26 Å². The van der Waals surface area contributed by atoms with Gasteiger partial charge in [0, 0.05) is 43.6 Å². The monoisotopic (exact) mass is 545 g/mol. The van der Waals surface area contributed by atoms with Gasteiger partial charge in [-0.2, -0.15) is 5.26 Å². The van der Waals surface area contributed by atoms with Crippen LogP contribution in [0, 0.1) is 11.3 Å². The van der Waals surface area contributed by atoms with E-state index in [1.165, 1.54) is 21.7 Å². The third-order valence-electron chi connectivity index (χ3n) is 8.76. The molecule has 7 aromatic carbocycles. The first-order valence-corrected chi connectivity index (χ1v) is 14.5. The molecule has 198 valence electrons. The topological polar surface area (TPSA) is 41.6 Å². The number of para-hydroxylation sites is 1. The van der Waals surface area contributed by atoms with Crippen LogP contribution in [-0.2, 0) is 0 Å². The molecule has 0 radical (unpaired) electrons. The number of pyridine rings is 1. The molecule has 2 heterocycles. The van der Waals surface area contributed by atoms with E-state index in [0.717, 1.165) is 60.2 Å². The van der Waals surface area contributed by atoms with Gasteiger partial charge in [0.15, 0.2) is 0 Å². The number of hydrogen-bond donors (Lipinski definition) is 0. The van der Waals surface area contributed by atoms with Gasteiger partial charge in [0.1, 0.15) is 0 Å². The van der Waals surface area contributed by atoms with Crippen molar-refractivity contribution in [1.29, 1.82) is 5.26 Å². The van der Waals surface area contributed by atoms with Crippen LogP contribution in [0.5, 0.6) is 0 Å². The van der Waals surface area contributed by atoms with Gasteiger partial charge in [-0.25, -0.2) is 4.98 Å². The summed E-state index contributed by atoms with van der Waals surface area (Å²) < 4.78 is 2.28. The van der Waals surface area contributed by atoms with E-state index in [2.05, 4.69) is 138 Å². The zero-order valence-corrected chi connectivity index (χ0v) is 23.1. The van der Waals surface area contributed by atoms with E-state index < -0.39 is 0 Å². The molecule has 0 amide bonds. The van der Waals surface area contributed by atoms with Gasteiger partial charge < -0.3 is 4.57 Å². The molecule has 0 aliphatic carbocycles. The van der Waals surface area contributed by atoms with E-state index >= 15 is 0 Å². The van der Waals surface area contributed by atoms with Crippen LogP contribution < -0.4 is 0 Å². The predicted molar refractivity (Wildman–Crippen MR) is 179 cm³/mol. The van der Waals surface area contributed by atoms with Crippen molar-refractivity contribution in [3.05, 3.63) is 145 Å². The average molecular weight is 546 g/mol. The molecule has 0 saturated heterocycles. The molecule has 3 nitrogen and oxygen atoms in total. The maximum Gasteiger partial charge on any atom is 0.0992 e. The molecule has 0 bridgehead atoms. The molecule has 0 unspecified atom stereocenters. The van der Waals surface area contributed by atoms with Gasteiger partial charge in [0.05, 0.1) is 33.7 Å². The molecular weight excluding hydrogens is 522 g/mol. The first-order chi connectivity index (χ1) is 21.3. The second kappa shape index (κ2) is 9.01. The Morgan fingerprint density at radius 2 is 1.09 bits per heavy atom. The summed E-state index contributed by atoms with van der Waals surface area (Å²) >= 11 is 0. The van der Waals surface area contributed by atoms with Gasteiger partial charge in [-0.15, -0.1) is 0 Å². The zero-order valence-electron chi connectivity index (χ0n) is 23.1. The fraction of sp³-hybridized carbons (Fsp3) is 0. The second-order valence-corrected chi connectivity index (χ2v) is 11.1. The third kappa shape index (κ3) is 3.44. The van der Waals surface area contributed by atoms with Gasteiger partial charge in [0.25, 0.3) is 0 Å². The minimum absolute atomic E-state index is 0.651. The normalized spacial score (nSPS) is 11.7. The number of nitrogens with zero attached hydrogens (tertiary/aromatic N) is 3. The summed E-state index contributed by atoms with van der Waals surface area (Å²) in [6, 6.07) is 51.4. The van der Waals surface area contributed by atoms with Gasteiger partial charge in [-0.3, -0.25) is 0 Å². The predicted octanol–water partition coefficient (Wildman–Crippen LogP) is 10.3. The summed E-state index contributed by atoms with van der Waals surface area (Å²) in [6.45, 7) is 0. The first-order valence-electron chi connectivity index (χ1n) is 14.5. The van der Waals surface area contributed by atoms with Crippen LogP contribution in [0.4, 0.5) is 0 Å². The Hall–Kier alpha value is -5.98. The van der Waals surface area contributed by atoms with Crippen molar-refractivity contribution in [3.8, 4) is 22.9 Å². The van der Waals surface area contributed by atoms with E-state index in [1.54, 1.807) is 0 Å². The number of aromatic nitrogens is 2. The summed E-state index contributed by atoms with van der Waals surface area (Å²) in [5, 5.41) is 18.9. The fourth-order valence-electron chi connectivity index (χ4n) is 6.84. The highest BCUT2D eigenvalue weighted by Crippen LogP contribution is 2.41. The molecule has 0 fully saturated rings. The lowest BCUT2D eigenvalue weighted by molar-refractivity contribution is 1.18. The van der Waals surface area contributed by atoms with Crippen molar-refractivity contribution in [2.75, 3.05) is 0 Å². The van der Waals surface area contributed by atoms with E-state index in [0.29, 0.717) is 5.56 Å². The quantitative estimate of drug-likeness (QED) is 0.160. The summed E-state index contributed by atoms with van der Waals surface area (Å²) in [5.74, 6) is 0. The van der Waals surface area contributed by atoms with E-state index in [4.69, 9.17) is 4.98 Å². The Bertz CT molecular complexity index is 2540. The zero-order chi connectivity index (χ0) is 28.5. The third-order valence-corrected chi connectivity index (χ3v) is 8.76. The molecule has 0 spiro atoms. The van der Waals surface area contributed by atoms with Crippen LogP contribution >= 0.6 is 0 Å². The Morgan fingerprint density at radius 1 is 0.488 bits per heavy atom. The lowest BCUT2D eigenvalue weighted by Crippen LogP contribution is -1.96. The van der Waals surface area contributed by atoms with Gasteiger partial charge >= 0.3 is 0 Å². The molecule has 3 heteroatoms. The van der Waals surface area contributed by atoms with E-state index in [1.807, 2.05) is 12.1 Å². The van der Waals surface area contributed by atoms with Crippen molar-refractivity contribution in [3.63, 3.8) is 0 Å². The maximum atomic E-state index is 9.71. The lowest BCUT2D eigenvalue weighted by atomic mass is 9.92. The number of benzene rings is 7. The van der Waals surface area contributed by atoms with Gasteiger partial charge in [0.2, 0.25) is 0 Å². The smallest absolute Gasteiger partial charge is 0.0992 e. The number of hydrogen-bond acceptors (Lipinski definition) is 2. The molecular formula is C40H23N3. The molecule has 9 aromatic rings. The van der Waals surface area contributed by atoms with Crippen molar-refractivity contribution in [2.24, 2.45) is 0 Å². The molecule has 0 saturated carbocycles. The standard InChI is InChI=1S/C40H23N3/c41-24-25-16-19-33-32-14-5-6-15-36(32)43(37(33)22-25)29-11-7-10-28(23-29)38-34-20-17-26-8-1-3-12-30(26)39(34)42-40-31-13-4-2-9-27(31)18-21-35(38)40/h1-23H. The lowest BCUT2D eigenvalue weighted by Gasteiger charge is -2.16. The summed E-state index contributed by atoms with van der Waals surface area (Å²) in [4.78, 5) is 5.36. The Labute approximate surface area is 247 Å². The minimum atomic E-state index is 0.651. The molecule has 0 aliphatic rings. The van der Waals surface area contributed by atoms with E-state index in [-0.39, 0.29) is 0 Å². The molecule has 2 aromatic heterocycles. The molecule has 0 N–H and O–H groups in total. The minimum Gasteiger partial charge on any atom is -0.309 e. The number of fused-ring (bicyclic) bond motifs is 9. The highest BCUT2D eigenvalue weighted by molar-refractivity contribution is 6.21. The van der Waals surface area contributed by atoms with Crippen LogP contribution in [0.15, 0.2) is 140 Å². The number of rotatable bonds is 2. The maximum absolute atomic E-state index is 9.71. The molecule has 0 aliphatic heterocycles. The Morgan fingerprint density at radius 3 is 1.79 bits per heavy atom. The number of nitriles is 1. The molecule has 43 heavy (non-hydrogen) atoms. The van der Waals surface area contributed by atoms with Crippen LogP contribution in [0.2, 0.25) is 0 Å². The van der Waals surface area contributed by atoms with Crippen LogP contribution in [0.1, 0.15) is 5.56 Å². The largest absolute Gasteiger partial charge is 0.309 e. The van der Waals surface area contributed by atoms with Crippen LogP contribution in [-0.4, -0.2) is 9.55 Å². The van der Waals surface area contributed by atoms with Crippen LogP contribution in [0.3, 0.4) is 0 Å². The van der Waals surface area contributed by atoms with Crippen molar-refractivity contribution < 1.29 is 0 Å². The molecule has 9 rings (SSSR count). The fourth-order valence-corrected chi connectivity index (χ4v) is 6.84.